The number of benzene rings is 2. The summed E-state index contributed by atoms with van der Waals surface area (Å²) in [6, 6.07) is 6.94. The molecule has 0 aliphatic heterocycles. The number of amides is 1. The first kappa shape index (κ1) is 24.5. The van der Waals surface area contributed by atoms with E-state index >= 15 is 0 Å². The van der Waals surface area contributed by atoms with Crippen molar-refractivity contribution in [3.05, 3.63) is 68.8 Å². The number of nitrogens with zero attached hydrogens (tertiary/aromatic N) is 1. The van der Waals surface area contributed by atoms with E-state index < -0.39 is 46.5 Å². The molecule has 0 radical (unpaired) electrons. The van der Waals surface area contributed by atoms with Crippen molar-refractivity contribution in [3.8, 4) is 0 Å². The number of nitro groups is 1. The number of nitro benzene ring substituents is 1. The summed E-state index contributed by atoms with van der Waals surface area (Å²) in [5.41, 5.74) is -0.567. The third-order valence-electron chi connectivity index (χ3n) is 4.41. The number of hydrogen-bond acceptors (Lipinski definition) is 6. The fraction of sp³-hybridized carbons (Fsp3) is 0.286. The van der Waals surface area contributed by atoms with E-state index in [1.54, 1.807) is 19.1 Å². The van der Waals surface area contributed by atoms with E-state index in [4.69, 9.17) is 4.74 Å². The van der Waals surface area contributed by atoms with Crippen molar-refractivity contribution in [1.82, 2.24) is 0 Å². The van der Waals surface area contributed by atoms with Gasteiger partial charge < -0.3 is 10.1 Å². The normalized spacial score (nSPS) is 11.0. The molecule has 0 fully saturated rings. The van der Waals surface area contributed by atoms with Gasteiger partial charge in [0.15, 0.2) is 12.4 Å². The summed E-state index contributed by atoms with van der Waals surface area (Å²) in [7, 11) is 0. The van der Waals surface area contributed by atoms with Crippen molar-refractivity contribution < 1.29 is 37.2 Å². The summed E-state index contributed by atoms with van der Waals surface area (Å²) in [6.07, 6.45) is -5.23. The van der Waals surface area contributed by atoms with Crippen LogP contribution < -0.4 is 5.32 Å². The molecule has 2 aromatic rings. The second kappa shape index (κ2) is 10.0. The molecule has 1 amide bonds. The third kappa shape index (κ3) is 6.62. The molecule has 0 saturated carbocycles. The molecule has 0 heterocycles. The van der Waals surface area contributed by atoms with Crippen molar-refractivity contribution in [1.29, 1.82) is 0 Å². The molecule has 0 aromatic heterocycles. The van der Waals surface area contributed by atoms with Crippen molar-refractivity contribution in [2.45, 2.75) is 32.9 Å². The second-order valence-corrected chi connectivity index (χ2v) is 6.94. The van der Waals surface area contributed by atoms with Crippen LogP contribution in [-0.2, 0) is 20.5 Å². The lowest BCUT2D eigenvalue weighted by Gasteiger charge is -2.10. The Balaban J connectivity index is 1.91. The summed E-state index contributed by atoms with van der Waals surface area (Å²) in [4.78, 5) is 46.0. The van der Waals surface area contributed by atoms with Crippen LogP contribution in [0.25, 0.3) is 0 Å². The van der Waals surface area contributed by atoms with Gasteiger partial charge in [0.2, 0.25) is 0 Å². The number of halogens is 3. The highest BCUT2D eigenvalue weighted by molar-refractivity contribution is 5.99. The highest BCUT2D eigenvalue weighted by Crippen LogP contribution is 2.34. The summed E-state index contributed by atoms with van der Waals surface area (Å²) in [6.45, 7) is 2.76. The summed E-state index contributed by atoms with van der Waals surface area (Å²) in [5, 5.41) is 13.1. The van der Waals surface area contributed by atoms with Crippen LogP contribution in [0.1, 0.15) is 39.9 Å². The summed E-state index contributed by atoms with van der Waals surface area (Å²) >= 11 is 0. The number of hydrogen-bond donors (Lipinski definition) is 1. The molecule has 2 rings (SSSR count). The number of nitrogens with one attached hydrogen (secondary N) is 1. The Morgan fingerprint density at radius 1 is 1.06 bits per heavy atom. The number of Topliss-reactive ketones (excluding diaryl/α,β-unsaturated/α-hetero) is 1. The lowest BCUT2D eigenvalue weighted by Crippen LogP contribution is -2.22. The molecule has 8 nitrogen and oxygen atoms in total. The minimum atomic E-state index is -4.79. The molecule has 0 aliphatic rings. The van der Waals surface area contributed by atoms with Crippen LogP contribution in [0.2, 0.25) is 0 Å². The van der Waals surface area contributed by atoms with Gasteiger partial charge in [-0.1, -0.05) is 17.7 Å². The first-order valence-electron chi connectivity index (χ1n) is 9.30. The Labute approximate surface area is 180 Å². The van der Waals surface area contributed by atoms with Crippen LogP contribution in [0.15, 0.2) is 36.4 Å². The van der Waals surface area contributed by atoms with Crippen molar-refractivity contribution >= 4 is 29.0 Å². The van der Waals surface area contributed by atoms with Gasteiger partial charge in [0.05, 0.1) is 16.9 Å². The Hall–Kier alpha value is -3.76. The largest absolute Gasteiger partial charge is 0.456 e. The average Bonchev–Trinajstić information content (AvgIpc) is 2.71. The quantitative estimate of drug-likeness (QED) is 0.275. The predicted molar refractivity (Wildman–Crippen MR) is 107 cm³/mol. The number of aryl methyl sites for hydroxylation is 2. The van der Waals surface area contributed by atoms with E-state index in [1.165, 1.54) is 0 Å². The lowest BCUT2D eigenvalue weighted by atomic mass is 9.99. The Morgan fingerprint density at radius 3 is 2.38 bits per heavy atom. The molecular formula is C21H19F3N2O6. The van der Waals surface area contributed by atoms with E-state index in [-0.39, 0.29) is 18.6 Å². The maximum atomic E-state index is 12.7. The molecule has 2 aromatic carbocycles. The first-order valence-corrected chi connectivity index (χ1v) is 9.30. The van der Waals surface area contributed by atoms with Crippen LogP contribution in [0, 0.1) is 24.0 Å². The van der Waals surface area contributed by atoms with Gasteiger partial charge in [-0.3, -0.25) is 24.5 Å². The highest BCUT2D eigenvalue weighted by Gasteiger charge is 2.33. The zero-order valence-corrected chi connectivity index (χ0v) is 17.1. The SMILES string of the molecule is Cc1ccc(C)c(C(=O)CCC(=O)OCC(=O)Nc2ccc(C(F)(F)F)cc2[N+](=O)[O-])c1. The molecule has 0 atom stereocenters. The van der Waals surface area contributed by atoms with Crippen LogP contribution in [0.4, 0.5) is 24.5 Å². The number of anilines is 1. The minimum Gasteiger partial charge on any atom is -0.456 e. The Morgan fingerprint density at radius 2 is 1.75 bits per heavy atom. The molecule has 0 bridgehead atoms. The van der Waals surface area contributed by atoms with Gasteiger partial charge in [-0.2, -0.15) is 13.2 Å². The van der Waals surface area contributed by atoms with Crippen molar-refractivity contribution in [3.63, 3.8) is 0 Å². The zero-order chi connectivity index (χ0) is 24.1. The van der Waals surface area contributed by atoms with E-state index in [0.717, 1.165) is 17.2 Å². The molecule has 0 aliphatic carbocycles. The molecule has 0 saturated heterocycles. The van der Waals surface area contributed by atoms with E-state index in [1.807, 2.05) is 18.3 Å². The second-order valence-electron chi connectivity index (χ2n) is 6.94. The van der Waals surface area contributed by atoms with E-state index in [0.29, 0.717) is 17.7 Å². The molecule has 170 valence electrons. The number of carbonyl (C=O) groups is 3. The first-order chi connectivity index (χ1) is 14.9. The smallest absolute Gasteiger partial charge is 0.416 e. The van der Waals surface area contributed by atoms with E-state index in [2.05, 4.69) is 0 Å². The van der Waals surface area contributed by atoms with Gasteiger partial charge >= 0.3 is 12.1 Å². The molecule has 32 heavy (non-hydrogen) atoms. The van der Waals surface area contributed by atoms with E-state index in [9.17, 15) is 37.7 Å². The van der Waals surface area contributed by atoms with Crippen LogP contribution in [0.5, 0.6) is 0 Å². The molecule has 11 heteroatoms. The van der Waals surface area contributed by atoms with Crippen LogP contribution in [-0.4, -0.2) is 29.2 Å². The number of rotatable bonds is 8. The average molecular weight is 452 g/mol. The van der Waals surface area contributed by atoms with Gasteiger partial charge in [-0.25, -0.2) is 0 Å². The zero-order valence-electron chi connectivity index (χ0n) is 17.1. The molecular weight excluding hydrogens is 433 g/mol. The number of ether oxygens (including phenoxy) is 1. The number of alkyl halides is 3. The van der Waals surface area contributed by atoms with Gasteiger partial charge in [-0.15, -0.1) is 0 Å². The van der Waals surface area contributed by atoms with Crippen molar-refractivity contribution in [2.24, 2.45) is 0 Å². The third-order valence-corrected chi connectivity index (χ3v) is 4.41. The minimum absolute atomic E-state index is 0.144. The topological polar surface area (TPSA) is 116 Å². The monoisotopic (exact) mass is 452 g/mol. The molecule has 0 unspecified atom stereocenters. The van der Waals surface area contributed by atoms with Gasteiger partial charge in [0.25, 0.3) is 11.6 Å². The summed E-state index contributed by atoms with van der Waals surface area (Å²) in [5.74, 6) is -2.10. The Bertz CT molecular complexity index is 1070. The molecule has 0 spiro atoms. The number of carbonyl (C=O) groups excluding carboxylic acids is 3. The van der Waals surface area contributed by atoms with Crippen molar-refractivity contribution in [2.75, 3.05) is 11.9 Å². The molecule has 1 N–H and O–H groups in total. The van der Waals surface area contributed by atoms with Gasteiger partial charge in [-0.05, 0) is 37.6 Å². The van der Waals surface area contributed by atoms with Crippen LogP contribution in [0.3, 0.4) is 0 Å². The standard InChI is InChI=1S/C21H19F3N2O6/c1-12-3-4-13(2)15(9-12)18(27)7-8-20(29)32-11-19(28)25-16-6-5-14(21(22,23)24)10-17(16)26(30)31/h3-6,9-10H,7-8,11H2,1-2H3,(H,25,28). The van der Waals surface area contributed by atoms with Gasteiger partial charge in [0.1, 0.15) is 5.69 Å². The maximum Gasteiger partial charge on any atom is 0.416 e. The number of ketones is 1. The van der Waals surface area contributed by atoms with Gasteiger partial charge in [0, 0.05) is 18.1 Å². The fourth-order valence-corrected chi connectivity index (χ4v) is 2.76. The lowest BCUT2D eigenvalue weighted by molar-refractivity contribution is -0.384. The summed E-state index contributed by atoms with van der Waals surface area (Å²) < 4.78 is 42.9. The van der Waals surface area contributed by atoms with Crippen LogP contribution >= 0.6 is 0 Å². The number of esters is 1. The highest BCUT2D eigenvalue weighted by atomic mass is 19.4. The predicted octanol–water partition coefficient (Wildman–Crippen LogP) is 4.38. The maximum absolute atomic E-state index is 12.7. The Kier molecular flexibility index (Phi) is 7.68. The fourth-order valence-electron chi connectivity index (χ4n) is 2.76.